The number of aromatic nitrogens is 1. The Kier molecular flexibility index (Phi) is 3.74. The zero-order chi connectivity index (χ0) is 19.3. The van der Waals surface area contributed by atoms with Crippen LogP contribution in [0.25, 0.3) is 21.3 Å². The number of amides is 1. The molecule has 1 aromatic heterocycles. The summed E-state index contributed by atoms with van der Waals surface area (Å²) in [6.45, 7) is 0. The van der Waals surface area contributed by atoms with E-state index in [1.165, 1.54) is 11.3 Å². The molecule has 4 aromatic rings. The second-order valence-electron chi connectivity index (χ2n) is 6.41. The summed E-state index contributed by atoms with van der Waals surface area (Å²) in [4.78, 5) is 30.1. The van der Waals surface area contributed by atoms with Crippen molar-refractivity contribution < 1.29 is 14.3 Å². The van der Waals surface area contributed by atoms with Gasteiger partial charge in [-0.15, -0.1) is 0 Å². The van der Waals surface area contributed by atoms with Crippen molar-refractivity contribution in [1.29, 1.82) is 0 Å². The first-order valence-electron chi connectivity index (χ1n) is 8.69. The molecule has 1 aliphatic carbocycles. The third kappa shape index (κ3) is 2.50. The number of hydrogen-bond donors (Lipinski definition) is 1. The number of ketones is 1. The van der Waals surface area contributed by atoms with Crippen LogP contribution in [0.2, 0.25) is 0 Å². The quantitative estimate of drug-likeness (QED) is 0.485. The van der Waals surface area contributed by atoms with Crippen molar-refractivity contribution in [3.63, 3.8) is 0 Å². The van der Waals surface area contributed by atoms with Gasteiger partial charge in [-0.05, 0) is 29.8 Å². The summed E-state index contributed by atoms with van der Waals surface area (Å²) < 4.78 is 6.16. The number of ether oxygens (including phenoxy) is 1. The molecule has 5 nitrogen and oxygen atoms in total. The van der Waals surface area contributed by atoms with Gasteiger partial charge >= 0.3 is 0 Å². The molecule has 6 heteroatoms. The van der Waals surface area contributed by atoms with Gasteiger partial charge in [0.25, 0.3) is 5.91 Å². The largest absolute Gasteiger partial charge is 0.497 e. The molecule has 0 radical (unpaired) electrons. The second kappa shape index (κ2) is 6.28. The first-order valence-corrected chi connectivity index (χ1v) is 9.50. The van der Waals surface area contributed by atoms with Gasteiger partial charge in [0.05, 0.1) is 17.3 Å². The summed E-state index contributed by atoms with van der Waals surface area (Å²) in [6, 6.07) is 18.2. The van der Waals surface area contributed by atoms with Crippen molar-refractivity contribution in [3.05, 3.63) is 77.4 Å². The Labute approximate surface area is 164 Å². The number of carbonyl (C=O) groups excluding carboxylic acids is 2. The van der Waals surface area contributed by atoms with E-state index in [0.717, 1.165) is 21.5 Å². The van der Waals surface area contributed by atoms with Gasteiger partial charge in [0.1, 0.15) is 5.75 Å². The first kappa shape index (κ1) is 16.6. The van der Waals surface area contributed by atoms with Crippen molar-refractivity contribution in [2.24, 2.45) is 0 Å². The predicted octanol–water partition coefficient (Wildman–Crippen LogP) is 4.77. The standard InChI is InChI=1S/C22H14N2O3S/c1-27-12-9-10-17-18(11-12)28-22(23-17)24-21(26)16-8-4-7-15-19(16)13-5-2-3-6-14(13)20(15)25/h2-11H,1H3,(H,23,24,26). The number of anilines is 1. The van der Waals surface area contributed by atoms with Gasteiger partial charge in [-0.2, -0.15) is 0 Å². The SMILES string of the molecule is COc1ccc2nc(NC(=O)c3cccc4c3-c3ccccc3C4=O)sc2c1. The van der Waals surface area contributed by atoms with Gasteiger partial charge in [0.2, 0.25) is 0 Å². The Bertz CT molecular complexity index is 1280. The molecule has 0 saturated heterocycles. The zero-order valence-corrected chi connectivity index (χ0v) is 15.7. The van der Waals surface area contributed by atoms with Crippen LogP contribution in [0.4, 0.5) is 5.13 Å². The van der Waals surface area contributed by atoms with E-state index in [1.807, 2.05) is 36.4 Å². The zero-order valence-electron chi connectivity index (χ0n) is 14.9. The van der Waals surface area contributed by atoms with Crippen molar-refractivity contribution >= 4 is 38.4 Å². The lowest BCUT2D eigenvalue weighted by molar-refractivity contribution is 0.102. The van der Waals surface area contributed by atoms with E-state index in [1.54, 1.807) is 31.4 Å². The van der Waals surface area contributed by atoms with E-state index in [9.17, 15) is 9.59 Å². The highest BCUT2D eigenvalue weighted by molar-refractivity contribution is 7.22. The fourth-order valence-electron chi connectivity index (χ4n) is 3.51. The van der Waals surface area contributed by atoms with Crippen LogP contribution >= 0.6 is 11.3 Å². The highest BCUT2D eigenvalue weighted by Crippen LogP contribution is 2.39. The molecule has 1 N–H and O–H groups in total. The maximum Gasteiger partial charge on any atom is 0.258 e. The third-order valence-corrected chi connectivity index (χ3v) is 5.74. The molecule has 0 saturated carbocycles. The Morgan fingerprint density at radius 3 is 2.61 bits per heavy atom. The number of benzene rings is 3. The van der Waals surface area contributed by atoms with Gasteiger partial charge in [-0.25, -0.2) is 4.98 Å². The van der Waals surface area contributed by atoms with E-state index in [0.29, 0.717) is 27.4 Å². The second-order valence-corrected chi connectivity index (χ2v) is 7.44. The van der Waals surface area contributed by atoms with E-state index >= 15 is 0 Å². The number of rotatable bonds is 3. The van der Waals surface area contributed by atoms with Crippen LogP contribution in [0.1, 0.15) is 26.3 Å². The number of nitrogens with zero attached hydrogens (tertiary/aromatic N) is 1. The van der Waals surface area contributed by atoms with Gasteiger partial charge in [0.15, 0.2) is 10.9 Å². The van der Waals surface area contributed by atoms with E-state index in [-0.39, 0.29) is 11.7 Å². The molecule has 0 fully saturated rings. The summed E-state index contributed by atoms with van der Waals surface area (Å²) in [5.74, 6) is 0.407. The topological polar surface area (TPSA) is 68.3 Å². The fraction of sp³-hybridized carbons (Fsp3) is 0.0455. The summed E-state index contributed by atoms with van der Waals surface area (Å²) in [6.07, 6.45) is 0. The monoisotopic (exact) mass is 386 g/mol. The van der Waals surface area contributed by atoms with Crippen LogP contribution in [0.5, 0.6) is 5.75 Å². The molecular weight excluding hydrogens is 372 g/mol. The summed E-state index contributed by atoms with van der Waals surface area (Å²) in [5.41, 5.74) is 3.92. The number of methoxy groups -OCH3 is 1. The average molecular weight is 386 g/mol. The number of hydrogen-bond acceptors (Lipinski definition) is 5. The van der Waals surface area contributed by atoms with E-state index < -0.39 is 0 Å². The minimum absolute atomic E-state index is 0.0488. The maximum absolute atomic E-state index is 13.0. The molecule has 1 heterocycles. The van der Waals surface area contributed by atoms with Crippen LogP contribution < -0.4 is 10.1 Å². The Balaban J connectivity index is 1.54. The minimum Gasteiger partial charge on any atom is -0.497 e. The third-order valence-electron chi connectivity index (χ3n) is 4.81. The Morgan fingerprint density at radius 2 is 1.79 bits per heavy atom. The number of thiazole rings is 1. The molecule has 1 aliphatic rings. The molecule has 0 bridgehead atoms. The van der Waals surface area contributed by atoms with Crippen molar-refractivity contribution in [2.45, 2.75) is 0 Å². The lowest BCUT2D eigenvalue weighted by Crippen LogP contribution is -2.13. The van der Waals surface area contributed by atoms with Gasteiger partial charge in [-0.1, -0.05) is 47.7 Å². The van der Waals surface area contributed by atoms with Crippen molar-refractivity contribution in [2.75, 3.05) is 12.4 Å². The molecule has 1 amide bonds. The minimum atomic E-state index is -0.285. The molecule has 3 aromatic carbocycles. The summed E-state index contributed by atoms with van der Waals surface area (Å²) >= 11 is 1.38. The maximum atomic E-state index is 13.0. The van der Waals surface area contributed by atoms with Crippen LogP contribution in [-0.2, 0) is 0 Å². The van der Waals surface area contributed by atoms with Gasteiger partial charge in [-0.3, -0.25) is 14.9 Å². The lowest BCUT2D eigenvalue weighted by Gasteiger charge is -2.08. The van der Waals surface area contributed by atoms with E-state index in [2.05, 4.69) is 10.3 Å². The van der Waals surface area contributed by atoms with Gasteiger partial charge in [0, 0.05) is 22.3 Å². The molecular formula is C22H14N2O3S. The molecule has 5 rings (SSSR count). The molecule has 0 aliphatic heterocycles. The number of nitrogens with one attached hydrogen (secondary N) is 1. The van der Waals surface area contributed by atoms with Gasteiger partial charge < -0.3 is 4.74 Å². The van der Waals surface area contributed by atoms with Crippen LogP contribution in [0.3, 0.4) is 0 Å². The number of fused-ring (bicyclic) bond motifs is 4. The smallest absolute Gasteiger partial charge is 0.258 e. The normalized spacial score (nSPS) is 12.0. The Morgan fingerprint density at radius 1 is 1.00 bits per heavy atom. The fourth-order valence-corrected chi connectivity index (χ4v) is 4.40. The molecule has 0 spiro atoms. The number of carbonyl (C=O) groups is 2. The van der Waals surface area contributed by atoms with E-state index in [4.69, 9.17) is 4.74 Å². The summed E-state index contributed by atoms with van der Waals surface area (Å²) in [5, 5.41) is 3.38. The van der Waals surface area contributed by atoms with Crippen molar-refractivity contribution in [3.8, 4) is 16.9 Å². The molecule has 0 unspecified atom stereocenters. The average Bonchev–Trinajstić information content (AvgIpc) is 3.26. The molecule has 28 heavy (non-hydrogen) atoms. The predicted molar refractivity (Wildman–Crippen MR) is 109 cm³/mol. The summed E-state index contributed by atoms with van der Waals surface area (Å²) in [7, 11) is 1.61. The molecule has 136 valence electrons. The first-order chi connectivity index (χ1) is 13.7. The van der Waals surface area contributed by atoms with Crippen LogP contribution in [0.15, 0.2) is 60.7 Å². The Hall–Kier alpha value is -3.51. The van der Waals surface area contributed by atoms with Crippen LogP contribution in [-0.4, -0.2) is 23.8 Å². The highest BCUT2D eigenvalue weighted by Gasteiger charge is 2.30. The van der Waals surface area contributed by atoms with Crippen molar-refractivity contribution in [1.82, 2.24) is 4.98 Å². The van der Waals surface area contributed by atoms with Crippen LogP contribution in [0, 0.1) is 0 Å². The molecule has 0 atom stereocenters. The highest BCUT2D eigenvalue weighted by atomic mass is 32.1. The lowest BCUT2D eigenvalue weighted by atomic mass is 9.99.